The summed E-state index contributed by atoms with van der Waals surface area (Å²) >= 11 is 0. The molecule has 1 N–H and O–H groups in total. The van der Waals surface area contributed by atoms with Crippen molar-refractivity contribution in [2.24, 2.45) is 5.92 Å². The van der Waals surface area contributed by atoms with E-state index in [4.69, 9.17) is 14.2 Å². The highest BCUT2D eigenvalue weighted by Crippen LogP contribution is 2.40. The van der Waals surface area contributed by atoms with E-state index in [1.54, 1.807) is 7.05 Å². The summed E-state index contributed by atoms with van der Waals surface area (Å²) in [5, 5.41) is 10.4. The Balaban J connectivity index is 1.97. The molecule has 0 saturated carbocycles. The number of carbonyl (C=O) groups excluding carboxylic acids is 1. The first-order chi connectivity index (χ1) is 18.5. The lowest BCUT2D eigenvalue weighted by molar-refractivity contribution is -0.157. The second-order valence-corrected chi connectivity index (χ2v) is 11.6. The molecule has 212 valence electrons. The molecule has 1 atom stereocenters. The highest BCUT2D eigenvalue weighted by atomic mass is 16.5. The number of nitrogens with zero attached hydrogens (tertiary/aromatic N) is 2. The largest absolute Gasteiger partial charge is 0.493 e. The Kier molecular flexibility index (Phi) is 8.86. The molecule has 1 fully saturated rings. The number of hydrogen-bond donors (Lipinski definition) is 1. The first-order valence-electron chi connectivity index (χ1n) is 13.8. The van der Waals surface area contributed by atoms with Crippen LogP contribution in [0.5, 0.6) is 5.75 Å². The van der Waals surface area contributed by atoms with Crippen LogP contribution >= 0.6 is 0 Å². The molecule has 1 saturated heterocycles. The van der Waals surface area contributed by atoms with E-state index >= 15 is 0 Å². The zero-order chi connectivity index (χ0) is 28.3. The fourth-order valence-corrected chi connectivity index (χ4v) is 5.65. The molecule has 8 heteroatoms. The van der Waals surface area contributed by atoms with Crippen molar-refractivity contribution in [2.75, 3.05) is 26.9 Å². The maximum Gasteiger partial charge on any atom is 0.339 e. The van der Waals surface area contributed by atoms with Crippen LogP contribution < -0.4 is 4.74 Å². The van der Waals surface area contributed by atoms with E-state index in [0.717, 1.165) is 79.1 Å². The minimum absolute atomic E-state index is 0.305. The van der Waals surface area contributed by atoms with Gasteiger partial charge in [0.25, 0.3) is 0 Å². The quantitative estimate of drug-likeness (QED) is 0.454. The van der Waals surface area contributed by atoms with Gasteiger partial charge < -0.3 is 28.8 Å². The van der Waals surface area contributed by atoms with Gasteiger partial charge in [-0.15, -0.1) is 0 Å². The number of benzene rings is 1. The van der Waals surface area contributed by atoms with Crippen LogP contribution in [0.25, 0.3) is 5.57 Å². The average molecular weight is 539 g/mol. The Labute approximate surface area is 231 Å². The predicted octanol–water partition coefficient (Wildman–Crippen LogP) is 4.97. The number of aliphatic carboxylic acids is 1. The van der Waals surface area contributed by atoms with Crippen LogP contribution in [0.4, 0.5) is 0 Å². The second kappa shape index (κ2) is 12.0. The number of carboxylic acid groups (broad SMARTS) is 1. The lowest BCUT2D eigenvalue weighted by Crippen LogP contribution is -2.40. The van der Waals surface area contributed by atoms with E-state index in [1.807, 2.05) is 39.0 Å². The Morgan fingerprint density at radius 2 is 1.90 bits per heavy atom. The van der Waals surface area contributed by atoms with Gasteiger partial charge in [-0.1, -0.05) is 6.07 Å². The van der Waals surface area contributed by atoms with Gasteiger partial charge in [-0.25, -0.2) is 4.79 Å². The molecular formula is C31H42N2O6. The number of carbonyl (C=O) groups is 2. The number of likely N-dealkylation sites (N-methyl/N-ethyl adjacent to an activating group) is 1. The van der Waals surface area contributed by atoms with Crippen molar-refractivity contribution in [1.29, 1.82) is 0 Å². The van der Waals surface area contributed by atoms with Crippen LogP contribution in [0.15, 0.2) is 30.1 Å². The summed E-state index contributed by atoms with van der Waals surface area (Å²) in [4.78, 5) is 26.4. The Hall–Kier alpha value is -3.10. The average Bonchev–Trinajstić information content (AvgIpc) is 3.25. The van der Waals surface area contributed by atoms with Crippen LogP contribution in [0.3, 0.4) is 0 Å². The molecule has 0 radical (unpaired) electrons. The van der Waals surface area contributed by atoms with Gasteiger partial charge in [-0.05, 0) is 95.0 Å². The summed E-state index contributed by atoms with van der Waals surface area (Å²) in [5.74, 6) is 0.229. The number of amides is 1. The van der Waals surface area contributed by atoms with E-state index in [9.17, 15) is 14.7 Å². The van der Waals surface area contributed by atoms with Gasteiger partial charge in [0.05, 0.1) is 17.9 Å². The van der Waals surface area contributed by atoms with Gasteiger partial charge in [0, 0.05) is 49.8 Å². The van der Waals surface area contributed by atoms with Gasteiger partial charge in [-0.2, -0.15) is 0 Å². The Morgan fingerprint density at radius 1 is 1.18 bits per heavy atom. The van der Waals surface area contributed by atoms with E-state index < -0.39 is 17.7 Å². The molecule has 2 aliphatic heterocycles. The van der Waals surface area contributed by atoms with Crippen LogP contribution in [-0.4, -0.2) is 65.5 Å². The molecule has 2 aliphatic rings. The van der Waals surface area contributed by atoms with Gasteiger partial charge in [0.1, 0.15) is 5.75 Å². The molecule has 0 bridgehead atoms. The van der Waals surface area contributed by atoms with E-state index in [0.29, 0.717) is 30.2 Å². The first kappa shape index (κ1) is 28.9. The molecule has 8 nitrogen and oxygen atoms in total. The summed E-state index contributed by atoms with van der Waals surface area (Å²) in [6.07, 6.45) is 5.19. The van der Waals surface area contributed by atoms with Gasteiger partial charge in [0.2, 0.25) is 6.41 Å². The Morgan fingerprint density at radius 3 is 2.54 bits per heavy atom. The molecule has 3 heterocycles. The molecule has 0 spiro atoms. The molecular weight excluding hydrogens is 496 g/mol. The zero-order valence-electron chi connectivity index (χ0n) is 24.1. The highest BCUT2D eigenvalue weighted by molar-refractivity contribution is 5.91. The van der Waals surface area contributed by atoms with E-state index in [-0.39, 0.29) is 0 Å². The third-order valence-corrected chi connectivity index (χ3v) is 7.70. The standard InChI is InChI=1S/C31H42N2O6/c1-20-23-8-7-15-38-26(23)10-9-24(20)27(28(32(6)19-34)29(30(35)36)39-31(3,4)5)25-11-14-33(21(25)2)18-22-12-16-37-17-13-22/h9-11,14,19,22,29H,7-8,12-13,15-18H2,1-6H3,(H,35,36)/b28-27-. The third-order valence-electron chi connectivity index (χ3n) is 7.70. The highest BCUT2D eigenvalue weighted by Gasteiger charge is 2.35. The first-order valence-corrected chi connectivity index (χ1v) is 13.8. The molecule has 4 rings (SSSR count). The minimum Gasteiger partial charge on any atom is -0.493 e. The fraction of sp³-hybridized carbons (Fsp3) is 0.548. The number of aromatic nitrogens is 1. The maximum atomic E-state index is 12.7. The van der Waals surface area contributed by atoms with Crippen molar-refractivity contribution in [3.05, 3.63) is 58.0 Å². The maximum absolute atomic E-state index is 12.7. The van der Waals surface area contributed by atoms with E-state index in [1.165, 1.54) is 4.90 Å². The monoisotopic (exact) mass is 538 g/mol. The Bertz CT molecular complexity index is 1230. The van der Waals surface area contributed by atoms with Crippen molar-refractivity contribution in [1.82, 2.24) is 9.47 Å². The number of fused-ring (bicyclic) bond motifs is 1. The molecule has 1 aromatic heterocycles. The van der Waals surface area contributed by atoms with Gasteiger partial charge >= 0.3 is 5.97 Å². The number of carboxylic acids is 1. The van der Waals surface area contributed by atoms with Crippen molar-refractivity contribution < 1.29 is 28.9 Å². The van der Waals surface area contributed by atoms with E-state index in [2.05, 4.69) is 24.6 Å². The molecule has 1 amide bonds. The lowest BCUT2D eigenvalue weighted by atomic mass is 9.87. The topological polar surface area (TPSA) is 90.2 Å². The summed E-state index contributed by atoms with van der Waals surface area (Å²) < 4.78 is 19.8. The summed E-state index contributed by atoms with van der Waals surface area (Å²) in [5.41, 5.74) is 5.15. The van der Waals surface area contributed by atoms with Crippen molar-refractivity contribution >= 4 is 18.0 Å². The molecule has 1 aromatic carbocycles. The third kappa shape index (κ3) is 6.39. The summed E-state index contributed by atoms with van der Waals surface area (Å²) in [6.45, 7) is 12.7. The summed E-state index contributed by atoms with van der Waals surface area (Å²) in [6, 6.07) is 5.98. The normalized spacial score (nSPS) is 17.6. The van der Waals surface area contributed by atoms with Crippen LogP contribution in [0, 0.1) is 19.8 Å². The summed E-state index contributed by atoms with van der Waals surface area (Å²) in [7, 11) is 1.59. The van der Waals surface area contributed by atoms with Crippen LogP contribution in [0.2, 0.25) is 0 Å². The van der Waals surface area contributed by atoms with Gasteiger partial charge in [-0.3, -0.25) is 4.79 Å². The lowest BCUT2D eigenvalue weighted by Gasteiger charge is -2.32. The minimum atomic E-state index is -1.36. The molecule has 0 aliphatic carbocycles. The van der Waals surface area contributed by atoms with Crippen LogP contribution in [0.1, 0.15) is 68.0 Å². The van der Waals surface area contributed by atoms with Crippen LogP contribution in [-0.2, 0) is 32.0 Å². The molecule has 2 aromatic rings. The molecule has 1 unspecified atom stereocenters. The number of rotatable bonds is 9. The number of ether oxygens (including phenoxy) is 3. The second-order valence-electron chi connectivity index (χ2n) is 11.6. The number of hydrogen-bond acceptors (Lipinski definition) is 5. The van der Waals surface area contributed by atoms with Gasteiger partial charge in [0.15, 0.2) is 6.10 Å². The smallest absolute Gasteiger partial charge is 0.339 e. The van der Waals surface area contributed by atoms with Crippen molar-refractivity contribution in [3.8, 4) is 5.75 Å². The van der Waals surface area contributed by atoms with Crippen molar-refractivity contribution in [3.63, 3.8) is 0 Å². The fourth-order valence-electron chi connectivity index (χ4n) is 5.65. The zero-order valence-corrected chi connectivity index (χ0v) is 24.1. The van der Waals surface area contributed by atoms with Crippen molar-refractivity contribution in [2.45, 2.75) is 78.6 Å². The SMILES string of the molecule is Cc1c(/C(=C(\C(OC(C)(C)C)C(=O)O)N(C)C=O)c2ccn(CC3CCOCC3)c2C)ccc2c1CCCO2. The molecule has 39 heavy (non-hydrogen) atoms. The predicted molar refractivity (Wildman–Crippen MR) is 150 cm³/mol.